The molecule has 2 heterocycles. The first-order chi connectivity index (χ1) is 49.5. The Morgan fingerprint density at radius 1 is 0.210 bits per heavy atom. The number of aromatic nitrogens is 6. The molecule has 0 radical (unpaired) electrons. The van der Waals surface area contributed by atoms with E-state index in [1.165, 1.54) is 70.2 Å². The van der Waals surface area contributed by atoms with Crippen molar-refractivity contribution < 1.29 is 0 Å². The van der Waals surface area contributed by atoms with E-state index in [4.69, 9.17) is 29.9 Å². The fourth-order valence-corrected chi connectivity index (χ4v) is 16.9. The van der Waals surface area contributed by atoms with Crippen LogP contribution in [0.1, 0.15) is 48.6 Å². The molecular weight excluding hydrogens is 1210 g/mol. The van der Waals surface area contributed by atoms with E-state index < -0.39 is 0 Å². The lowest BCUT2D eigenvalue weighted by Crippen LogP contribution is -2.19. The van der Waals surface area contributed by atoms with Crippen molar-refractivity contribution in [3.63, 3.8) is 0 Å². The van der Waals surface area contributed by atoms with Gasteiger partial charge in [0.1, 0.15) is 0 Å². The lowest BCUT2D eigenvalue weighted by molar-refractivity contribution is 0.312. The van der Waals surface area contributed by atoms with Crippen molar-refractivity contribution in [3.8, 4) is 146 Å². The summed E-state index contributed by atoms with van der Waals surface area (Å²) in [6, 6.07) is 118. The molecule has 0 N–H and O–H groups in total. The first-order valence-corrected chi connectivity index (χ1v) is 35.0. The van der Waals surface area contributed by atoms with Gasteiger partial charge in [0.2, 0.25) is 0 Å². The molecule has 3 bridgehead atoms. The molecular formula is C94H66N6. The van der Waals surface area contributed by atoms with E-state index in [1.807, 2.05) is 36.4 Å². The minimum absolute atomic E-state index is 0.465. The molecule has 4 atom stereocenters. The zero-order chi connectivity index (χ0) is 66.0. The number of benzene rings is 14. The van der Waals surface area contributed by atoms with Gasteiger partial charge in [0, 0.05) is 44.2 Å². The third-order valence-electron chi connectivity index (χ3n) is 21.3. The highest BCUT2D eigenvalue weighted by Gasteiger charge is 2.45. The second kappa shape index (κ2) is 24.9. The van der Waals surface area contributed by atoms with Crippen LogP contribution in [0.4, 0.5) is 0 Å². The summed E-state index contributed by atoms with van der Waals surface area (Å²) >= 11 is 0. The maximum absolute atomic E-state index is 5.40. The Kier molecular flexibility index (Phi) is 14.7. The first kappa shape index (κ1) is 58.9. The second-order valence-electron chi connectivity index (χ2n) is 27.2. The van der Waals surface area contributed by atoms with Crippen LogP contribution in [0, 0.1) is 11.8 Å². The Morgan fingerprint density at radius 2 is 0.530 bits per heavy atom. The summed E-state index contributed by atoms with van der Waals surface area (Å²) in [4.78, 5) is 31.9. The average molecular weight is 1280 g/mol. The summed E-state index contributed by atoms with van der Waals surface area (Å²) in [5.74, 6) is 6.06. The molecule has 0 spiro atoms. The van der Waals surface area contributed by atoms with Gasteiger partial charge in [-0.2, -0.15) is 0 Å². The molecule has 6 nitrogen and oxygen atoms in total. The first-order valence-electron chi connectivity index (χ1n) is 35.0. The SMILES string of the molecule is c1ccc(-c2cccc(-c3nc(-c4ccccc4)nc(-c4cccc5cccc(-c6cccc(-c7cccc8c7-c7c(-c9cccc(-c%10cccc%11cccc(-c%12nc(-c%13ccccc%13)nc(-c%13cccc(-c%14ccccc%14)c%13)n%12)c%10%11)c9)cccc7C7CC9CC8CC7C9)c6)c45)n3)c2)cc1. The van der Waals surface area contributed by atoms with Crippen molar-refractivity contribution in [1.29, 1.82) is 0 Å². The number of fused-ring (bicyclic) bond motifs is 9. The van der Waals surface area contributed by atoms with Crippen molar-refractivity contribution in [1.82, 2.24) is 29.9 Å². The van der Waals surface area contributed by atoms with E-state index in [1.54, 1.807) is 0 Å². The maximum Gasteiger partial charge on any atom is 0.164 e. The quantitative estimate of drug-likeness (QED) is 0.121. The maximum atomic E-state index is 5.40. The van der Waals surface area contributed by atoms with Gasteiger partial charge in [-0.3, -0.25) is 0 Å². The molecule has 2 aromatic heterocycles. The van der Waals surface area contributed by atoms with Gasteiger partial charge in [0.25, 0.3) is 0 Å². The minimum atomic E-state index is 0.465. The molecule has 6 heteroatoms. The van der Waals surface area contributed by atoms with E-state index in [-0.39, 0.29) is 0 Å². The molecule has 14 aromatic carbocycles. The van der Waals surface area contributed by atoms with Crippen LogP contribution in [0.2, 0.25) is 0 Å². The van der Waals surface area contributed by atoms with Gasteiger partial charge in [-0.15, -0.1) is 0 Å². The number of hydrogen-bond acceptors (Lipinski definition) is 6. The zero-order valence-corrected chi connectivity index (χ0v) is 55.0. The summed E-state index contributed by atoms with van der Waals surface area (Å²) in [5, 5.41) is 4.42. The summed E-state index contributed by atoms with van der Waals surface area (Å²) in [7, 11) is 0. The molecule has 2 fully saturated rings. The Balaban J connectivity index is 0.747. The van der Waals surface area contributed by atoms with E-state index in [0.717, 1.165) is 99.4 Å². The highest BCUT2D eigenvalue weighted by Crippen LogP contribution is 2.61. The summed E-state index contributed by atoms with van der Waals surface area (Å²) in [6.07, 6.45) is 4.99. The molecule has 0 aliphatic heterocycles. The molecule has 3 aliphatic rings. The van der Waals surface area contributed by atoms with Crippen molar-refractivity contribution in [2.24, 2.45) is 11.8 Å². The standard InChI is InChI=1S/C94H66N6/c1-5-23-60(24-6-1)66-35-13-41-72(54-66)91-95-89(64-27-9-3-10-28-64)97-93(99-91)82-49-19-33-62-31-17-43-76(85(62)82)68-37-15-39-70(56-68)78-45-21-47-80-74-51-59-52-75(58-74)84(53-59)81-48-22-46-79(88(81)87(78)80)71-40-16-38-69(57-71)77-44-18-32-63-34-20-50-83(86(63)77)94-98-90(65-29-11-4-12-30-65)96-92(100-94)73-42-14-36-67(55-73)61-25-7-2-8-26-61/h1-50,54-57,59,74-75,84H,51-53,58H2. The fraction of sp³-hybridized carbons (Fsp3) is 0.0851. The van der Waals surface area contributed by atoms with Gasteiger partial charge in [-0.25, -0.2) is 29.9 Å². The van der Waals surface area contributed by atoms with E-state index >= 15 is 0 Å². The molecule has 0 saturated heterocycles. The van der Waals surface area contributed by atoms with Crippen LogP contribution >= 0.6 is 0 Å². The van der Waals surface area contributed by atoms with Crippen LogP contribution in [0.25, 0.3) is 168 Å². The zero-order valence-electron chi connectivity index (χ0n) is 55.0. The minimum Gasteiger partial charge on any atom is -0.208 e. The molecule has 19 rings (SSSR count). The summed E-state index contributed by atoms with van der Waals surface area (Å²) in [6.45, 7) is 0. The number of hydrogen-bond donors (Lipinski definition) is 0. The molecule has 0 amide bonds. The largest absolute Gasteiger partial charge is 0.208 e. The van der Waals surface area contributed by atoms with Crippen LogP contribution < -0.4 is 0 Å². The lowest BCUT2D eigenvalue weighted by atomic mass is 9.69. The van der Waals surface area contributed by atoms with Gasteiger partial charge >= 0.3 is 0 Å². The monoisotopic (exact) mass is 1280 g/mol. The molecule has 472 valence electrons. The Bertz CT molecular complexity index is 5820. The molecule has 2 saturated carbocycles. The smallest absolute Gasteiger partial charge is 0.164 e. The third kappa shape index (κ3) is 10.7. The van der Waals surface area contributed by atoms with Crippen LogP contribution in [-0.4, -0.2) is 29.9 Å². The van der Waals surface area contributed by atoms with Crippen molar-refractivity contribution in [2.45, 2.75) is 37.5 Å². The van der Waals surface area contributed by atoms with Crippen LogP contribution in [0.5, 0.6) is 0 Å². The van der Waals surface area contributed by atoms with Gasteiger partial charge in [0.15, 0.2) is 34.9 Å². The molecule has 100 heavy (non-hydrogen) atoms. The Hall–Kier alpha value is -12.4. The number of rotatable bonds is 12. The molecule has 4 unspecified atom stereocenters. The Labute approximate surface area is 582 Å². The molecule has 16 aromatic rings. The van der Waals surface area contributed by atoms with Crippen LogP contribution in [0.3, 0.4) is 0 Å². The van der Waals surface area contributed by atoms with Crippen molar-refractivity contribution >= 4 is 21.5 Å². The summed E-state index contributed by atoms with van der Waals surface area (Å²) < 4.78 is 0. The summed E-state index contributed by atoms with van der Waals surface area (Å²) in [5.41, 5.74) is 25.2. The second-order valence-corrected chi connectivity index (χ2v) is 27.2. The van der Waals surface area contributed by atoms with E-state index in [2.05, 4.69) is 291 Å². The highest BCUT2D eigenvalue weighted by molar-refractivity contribution is 6.08. The van der Waals surface area contributed by atoms with Gasteiger partial charge in [-0.05, 0) is 173 Å². The predicted octanol–water partition coefficient (Wildman–Crippen LogP) is 24.0. The molecule has 3 aliphatic carbocycles. The topological polar surface area (TPSA) is 77.3 Å². The van der Waals surface area contributed by atoms with Gasteiger partial charge in [-0.1, -0.05) is 303 Å². The van der Waals surface area contributed by atoms with Gasteiger partial charge in [0.05, 0.1) is 0 Å². The van der Waals surface area contributed by atoms with E-state index in [9.17, 15) is 0 Å². The average Bonchev–Trinajstić information content (AvgIpc) is 1.37. The van der Waals surface area contributed by atoms with Crippen LogP contribution in [-0.2, 0) is 0 Å². The van der Waals surface area contributed by atoms with Crippen molar-refractivity contribution in [3.05, 3.63) is 339 Å². The lowest BCUT2D eigenvalue weighted by Gasteiger charge is -2.35. The number of nitrogens with zero attached hydrogens (tertiary/aromatic N) is 6. The van der Waals surface area contributed by atoms with Gasteiger partial charge < -0.3 is 0 Å². The van der Waals surface area contributed by atoms with Crippen molar-refractivity contribution in [2.75, 3.05) is 0 Å². The predicted molar refractivity (Wildman–Crippen MR) is 410 cm³/mol. The fourth-order valence-electron chi connectivity index (χ4n) is 16.9. The normalized spacial score (nSPS) is 15.8. The van der Waals surface area contributed by atoms with Crippen LogP contribution in [0.15, 0.2) is 328 Å². The third-order valence-corrected chi connectivity index (χ3v) is 21.3. The Morgan fingerprint density at radius 3 is 0.990 bits per heavy atom. The highest BCUT2D eigenvalue weighted by atomic mass is 15.0. The van der Waals surface area contributed by atoms with E-state index in [0.29, 0.717) is 58.6 Å².